The van der Waals surface area contributed by atoms with Crippen LogP contribution in [-0.4, -0.2) is 12.1 Å². The molecule has 0 aliphatic carbocycles. The van der Waals surface area contributed by atoms with Gasteiger partial charge >= 0.3 is 29.6 Å². The van der Waals surface area contributed by atoms with Crippen LogP contribution in [0.5, 0.6) is 5.75 Å². The molecule has 0 unspecified atom stereocenters. The Bertz CT molecular complexity index is 369. The fourth-order valence-corrected chi connectivity index (χ4v) is 0.860. The van der Waals surface area contributed by atoms with Gasteiger partial charge in [0.05, 0.1) is 17.6 Å². The molecule has 1 aromatic carbocycles. The minimum Gasteiger partial charge on any atom is -0.546 e. The monoisotopic (exact) mass is 213 g/mol. The second-order valence-corrected chi connectivity index (χ2v) is 2.72. The number of carbonyl (C=O) groups excluding carboxylic acids is 1. The van der Waals surface area contributed by atoms with Gasteiger partial charge in [0.2, 0.25) is 0 Å². The van der Waals surface area contributed by atoms with Crippen LogP contribution in [0, 0.1) is 11.3 Å². The van der Waals surface area contributed by atoms with Gasteiger partial charge in [0.1, 0.15) is 11.9 Å². The molecule has 0 aromatic heterocycles. The zero-order valence-electron chi connectivity index (χ0n) is 8.56. The smallest absolute Gasteiger partial charge is 0.546 e. The molecule has 1 atom stereocenters. The molecule has 0 fully saturated rings. The molecular weight excluding hydrogens is 205 g/mol. The third-order valence-corrected chi connectivity index (χ3v) is 1.63. The molecule has 0 aliphatic rings. The van der Waals surface area contributed by atoms with Crippen LogP contribution in [-0.2, 0) is 4.79 Å². The molecule has 1 rings (SSSR count). The quantitative estimate of drug-likeness (QED) is 0.504. The second-order valence-electron chi connectivity index (χ2n) is 2.72. The Kier molecular flexibility index (Phi) is 6.02. The van der Waals surface area contributed by atoms with E-state index >= 15 is 0 Å². The van der Waals surface area contributed by atoms with Gasteiger partial charge < -0.3 is 14.6 Å². The Morgan fingerprint density at radius 2 is 2.00 bits per heavy atom. The van der Waals surface area contributed by atoms with Crippen LogP contribution < -0.4 is 39.4 Å². The number of benzene rings is 1. The van der Waals surface area contributed by atoms with E-state index in [2.05, 4.69) is 0 Å². The van der Waals surface area contributed by atoms with E-state index in [1.54, 1.807) is 12.1 Å². The molecule has 0 N–H and O–H groups in total. The summed E-state index contributed by atoms with van der Waals surface area (Å²) in [6.45, 7) is 1.38. The zero-order valence-corrected chi connectivity index (χ0v) is 10.6. The van der Waals surface area contributed by atoms with Gasteiger partial charge in [-0.1, -0.05) is 0 Å². The van der Waals surface area contributed by atoms with Gasteiger partial charge in [-0.2, -0.15) is 5.26 Å². The summed E-state index contributed by atoms with van der Waals surface area (Å²) >= 11 is 0. The van der Waals surface area contributed by atoms with Crippen molar-refractivity contribution in [1.82, 2.24) is 0 Å². The molecule has 5 heteroatoms. The summed E-state index contributed by atoms with van der Waals surface area (Å²) in [5.74, 6) is -0.866. The van der Waals surface area contributed by atoms with Crippen LogP contribution in [0.1, 0.15) is 12.5 Å². The molecule has 4 nitrogen and oxygen atoms in total. The van der Waals surface area contributed by atoms with Crippen molar-refractivity contribution in [2.24, 2.45) is 0 Å². The first-order valence-corrected chi connectivity index (χ1v) is 4.01. The number of nitriles is 1. The summed E-state index contributed by atoms with van der Waals surface area (Å²) in [5, 5.41) is 18.8. The van der Waals surface area contributed by atoms with Gasteiger partial charge in [-0.05, 0) is 31.2 Å². The molecule has 0 aliphatic heterocycles. The van der Waals surface area contributed by atoms with Crippen LogP contribution in [0.2, 0.25) is 0 Å². The van der Waals surface area contributed by atoms with Crippen molar-refractivity contribution >= 4 is 5.97 Å². The van der Waals surface area contributed by atoms with Crippen LogP contribution in [0.4, 0.5) is 0 Å². The summed E-state index contributed by atoms with van der Waals surface area (Å²) in [5.41, 5.74) is 0.499. The maximum absolute atomic E-state index is 10.3. The van der Waals surface area contributed by atoms with E-state index in [0.717, 1.165) is 0 Å². The number of carbonyl (C=O) groups is 1. The van der Waals surface area contributed by atoms with Crippen molar-refractivity contribution < 1.29 is 44.2 Å². The summed E-state index contributed by atoms with van der Waals surface area (Å²) in [6, 6.07) is 8.13. The maximum atomic E-state index is 10.3. The van der Waals surface area contributed by atoms with Crippen molar-refractivity contribution in [3.05, 3.63) is 29.8 Å². The van der Waals surface area contributed by atoms with E-state index in [1.807, 2.05) is 6.07 Å². The first-order valence-electron chi connectivity index (χ1n) is 4.01. The van der Waals surface area contributed by atoms with Crippen molar-refractivity contribution in [1.29, 1.82) is 5.26 Å². The fourth-order valence-electron chi connectivity index (χ4n) is 0.860. The van der Waals surface area contributed by atoms with E-state index in [9.17, 15) is 9.90 Å². The number of aliphatic carboxylic acids is 1. The van der Waals surface area contributed by atoms with Gasteiger partial charge in [0.15, 0.2) is 0 Å². The van der Waals surface area contributed by atoms with Crippen LogP contribution in [0.25, 0.3) is 0 Å². The Morgan fingerprint density at radius 3 is 2.40 bits per heavy atom. The Morgan fingerprint density at radius 1 is 1.47 bits per heavy atom. The van der Waals surface area contributed by atoms with Gasteiger partial charge in [-0.3, -0.25) is 0 Å². The van der Waals surface area contributed by atoms with Crippen LogP contribution in [0.3, 0.4) is 0 Å². The molecule has 0 radical (unpaired) electrons. The van der Waals surface area contributed by atoms with Gasteiger partial charge in [0, 0.05) is 0 Å². The SMILES string of the molecule is C[C@H](Oc1ccc(C#N)cc1)C(=O)[O-].[Na+]. The number of hydrogen-bond donors (Lipinski definition) is 0. The summed E-state index contributed by atoms with van der Waals surface area (Å²) in [4.78, 5) is 10.3. The van der Waals surface area contributed by atoms with Crippen LogP contribution >= 0.6 is 0 Å². The molecule has 0 saturated heterocycles. The number of rotatable bonds is 3. The summed E-state index contributed by atoms with van der Waals surface area (Å²) in [6.07, 6.45) is -0.997. The van der Waals surface area contributed by atoms with Gasteiger partial charge in [-0.25, -0.2) is 0 Å². The molecule has 0 saturated carbocycles. The van der Waals surface area contributed by atoms with E-state index in [4.69, 9.17) is 10.00 Å². The van der Waals surface area contributed by atoms with Crippen molar-refractivity contribution in [3.8, 4) is 11.8 Å². The predicted octanol–water partition coefficient (Wildman–Crippen LogP) is -2.92. The van der Waals surface area contributed by atoms with Crippen LogP contribution in [0.15, 0.2) is 24.3 Å². The Balaban J connectivity index is 0.00000196. The third kappa shape index (κ3) is 4.34. The zero-order chi connectivity index (χ0) is 10.6. The summed E-state index contributed by atoms with van der Waals surface area (Å²) in [7, 11) is 0. The van der Waals surface area contributed by atoms with E-state index in [-0.39, 0.29) is 29.6 Å². The molecule has 1 aromatic rings. The first-order chi connectivity index (χ1) is 6.63. The number of nitrogens with zero attached hydrogens (tertiary/aromatic N) is 1. The number of ether oxygens (including phenoxy) is 1. The Hall–Kier alpha value is -1.02. The van der Waals surface area contributed by atoms with Gasteiger partial charge in [0.25, 0.3) is 0 Å². The number of carboxylic acids is 1. The minimum absolute atomic E-state index is 0. The van der Waals surface area contributed by atoms with Crippen molar-refractivity contribution in [3.63, 3.8) is 0 Å². The number of carboxylic acid groups (broad SMARTS) is 1. The normalized spacial score (nSPS) is 10.7. The second kappa shape index (κ2) is 6.46. The molecule has 72 valence electrons. The van der Waals surface area contributed by atoms with E-state index in [1.165, 1.54) is 19.1 Å². The largest absolute Gasteiger partial charge is 1.00 e. The van der Waals surface area contributed by atoms with E-state index < -0.39 is 12.1 Å². The molecule has 0 bridgehead atoms. The molecule has 0 amide bonds. The average molecular weight is 213 g/mol. The maximum Gasteiger partial charge on any atom is 1.00 e. The molecular formula is C10H8NNaO3. The van der Waals surface area contributed by atoms with Crippen molar-refractivity contribution in [2.45, 2.75) is 13.0 Å². The topological polar surface area (TPSA) is 73.1 Å². The van der Waals surface area contributed by atoms with E-state index in [0.29, 0.717) is 11.3 Å². The third-order valence-electron chi connectivity index (χ3n) is 1.63. The molecule has 0 spiro atoms. The minimum atomic E-state index is -1.27. The first kappa shape index (κ1) is 14.0. The summed E-state index contributed by atoms with van der Waals surface area (Å²) < 4.78 is 5.00. The molecule has 0 heterocycles. The van der Waals surface area contributed by atoms with Gasteiger partial charge in [-0.15, -0.1) is 0 Å². The fraction of sp³-hybridized carbons (Fsp3) is 0.200. The van der Waals surface area contributed by atoms with Crippen molar-refractivity contribution in [2.75, 3.05) is 0 Å². The molecule has 15 heavy (non-hydrogen) atoms. The predicted molar refractivity (Wildman–Crippen MR) is 46.3 cm³/mol. The Labute approximate surface area is 110 Å². The number of hydrogen-bond acceptors (Lipinski definition) is 4. The average Bonchev–Trinajstić information content (AvgIpc) is 2.19. The standard InChI is InChI=1S/C10H9NO3.Na/c1-7(10(12)13)14-9-4-2-8(6-11)3-5-9;/h2-5,7H,1H3,(H,12,13);/q;+1/p-1/t7-;/m0./s1.